The smallest absolute Gasteiger partial charge is 0.395 e. The van der Waals surface area contributed by atoms with Crippen LogP contribution in [0.1, 0.15) is 5.56 Å². The lowest BCUT2D eigenvalue weighted by atomic mass is 10.2. The van der Waals surface area contributed by atoms with Gasteiger partial charge in [0.1, 0.15) is 0 Å². The monoisotopic (exact) mass is 405 g/mol. The van der Waals surface area contributed by atoms with Crippen LogP contribution < -0.4 is 14.8 Å². The summed E-state index contributed by atoms with van der Waals surface area (Å²) >= 11 is 1.16. The van der Waals surface area contributed by atoms with Crippen LogP contribution in [0.2, 0.25) is 0 Å². The van der Waals surface area contributed by atoms with Gasteiger partial charge in [0.05, 0.1) is 12.3 Å². The van der Waals surface area contributed by atoms with Crippen molar-refractivity contribution in [2.45, 2.75) is 18.0 Å². The molecule has 1 N–H and O–H groups in total. The van der Waals surface area contributed by atoms with Crippen LogP contribution in [-0.4, -0.2) is 38.2 Å². The molecule has 0 spiro atoms. The lowest BCUT2D eigenvalue weighted by Gasteiger charge is -2.06. The Morgan fingerprint density at radius 1 is 1.14 bits per heavy atom. The normalized spacial score (nSPS) is 14.1. The summed E-state index contributed by atoms with van der Waals surface area (Å²) in [6.07, 6.45) is -3.70. The molecule has 0 aliphatic carbocycles. The number of hydrogen-bond donors (Lipinski definition) is 1. The standard InChI is InChI=1S/C17H13F2N5O3S/c18-17(19)26-13-7-6-12(8-14(13)27-17)20-15(25)10-28-16-21-22-23-24(16)9-11-4-2-1-3-5-11/h1-8H,9-10H2,(H,20,25). The number of aromatic nitrogens is 4. The molecule has 3 aromatic rings. The van der Waals surface area contributed by atoms with Crippen LogP contribution in [0.15, 0.2) is 53.7 Å². The molecule has 2 heterocycles. The Balaban J connectivity index is 1.34. The van der Waals surface area contributed by atoms with Crippen molar-refractivity contribution in [3.8, 4) is 11.5 Å². The Bertz CT molecular complexity index is 999. The fourth-order valence-corrected chi connectivity index (χ4v) is 3.19. The van der Waals surface area contributed by atoms with E-state index in [-0.39, 0.29) is 23.2 Å². The van der Waals surface area contributed by atoms with Gasteiger partial charge in [0, 0.05) is 11.8 Å². The fourth-order valence-electron chi connectivity index (χ4n) is 2.51. The van der Waals surface area contributed by atoms with E-state index in [1.807, 2.05) is 30.3 Å². The van der Waals surface area contributed by atoms with E-state index in [1.165, 1.54) is 18.2 Å². The van der Waals surface area contributed by atoms with Gasteiger partial charge in [-0.2, -0.15) is 0 Å². The van der Waals surface area contributed by atoms with Crippen LogP contribution >= 0.6 is 11.8 Å². The number of anilines is 1. The molecule has 1 aliphatic rings. The van der Waals surface area contributed by atoms with Crippen molar-refractivity contribution in [2.75, 3.05) is 11.1 Å². The van der Waals surface area contributed by atoms with E-state index < -0.39 is 6.29 Å². The van der Waals surface area contributed by atoms with Crippen molar-refractivity contribution in [1.29, 1.82) is 0 Å². The molecular weight excluding hydrogens is 392 g/mol. The predicted molar refractivity (Wildman–Crippen MR) is 95.4 cm³/mol. The number of alkyl halides is 2. The zero-order chi connectivity index (χ0) is 19.6. The molecule has 0 bridgehead atoms. The van der Waals surface area contributed by atoms with E-state index in [0.29, 0.717) is 17.4 Å². The summed E-state index contributed by atoms with van der Waals surface area (Å²) < 4.78 is 36.4. The van der Waals surface area contributed by atoms with Crippen molar-refractivity contribution in [3.63, 3.8) is 0 Å². The molecule has 4 rings (SSSR count). The van der Waals surface area contributed by atoms with Gasteiger partial charge in [-0.1, -0.05) is 42.1 Å². The molecule has 0 unspecified atom stereocenters. The lowest BCUT2D eigenvalue weighted by molar-refractivity contribution is -0.286. The highest BCUT2D eigenvalue weighted by molar-refractivity contribution is 7.99. The highest BCUT2D eigenvalue weighted by Crippen LogP contribution is 2.42. The maximum Gasteiger partial charge on any atom is 0.586 e. The fraction of sp³-hybridized carbons (Fsp3) is 0.176. The van der Waals surface area contributed by atoms with Gasteiger partial charge < -0.3 is 14.8 Å². The van der Waals surface area contributed by atoms with Gasteiger partial charge in [0.15, 0.2) is 11.5 Å². The van der Waals surface area contributed by atoms with Gasteiger partial charge >= 0.3 is 6.29 Å². The number of fused-ring (bicyclic) bond motifs is 1. The van der Waals surface area contributed by atoms with Crippen LogP contribution in [0, 0.1) is 0 Å². The van der Waals surface area contributed by atoms with E-state index in [4.69, 9.17) is 0 Å². The van der Waals surface area contributed by atoms with E-state index >= 15 is 0 Å². The van der Waals surface area contributed by atoms with Crippen molar-refractivity contribution in [2.24, 2.45) is 0 Å². The molecule has 0 atom stereocenters. The van der Waals surface area contributed by atoms with Crippen LogP contribution in [-0.2, 0) is 11.3 Å². The predicted octanol–water partition coefficient (Wildman–Crippen LogP) is 2.77. The van der Waals surface area contributed by atoms with E-state index in [9.17, 15) is 13.6 Å². The first-order valence-corrected chi connectivity index (χ1v) is 9.10. The van der Waals surface area contributed by atoms with Crippen molar-refractivity contribution in [1.82, 2.24) is 20.2 Å². The number of tetrazole rings is 1. The molecule has 28 heavy (non-hydrogen) atoms. The molecule has 1 amide bonds. The Hall–Kier alpha value is -3.21. The van der Waals surface area contributed by atoms with Gasteiger partial charge in [0.25, 0.3) is 0 Å². The maximum atomic E-state index is 13.0. The zero-order valence-corrected chi connectivity index (χ0v) is 15.0. The third-order valence-electron chi connectivity index (χ3n) is 3.69. The third-order valence-corrected chi connectivity index (χ3v) is 4.65. The second-order valence-corrected chi connectivity index (χ2v) is 6.71. The Kier molecular flexibility index (Phi) is 4.82. The number of thioether (sulfide) groups is 1. The molecule has 1 aliphatic heterocycles. The summed E-state index contributed by atoms with van der Waals surface area (Å²) in [5, 5.41) is 14.6. The number of benzene rings is 2. The number of halogens is 2. The Labute approximate surface area is 161 Å². The van der Waals surface area contributed by atoms with E-state index in [0.717, 1.165) is 17.3 Å². The van der Waals surface area contributed by atoms with Crippen molar-refractivity contribution >= 4 is 23.4 Å². The molecule has 11 heteroatoms. The minimum absolute atomic E-state index is 0.0414. The van der Waals surface area contributed by atoms with Crippen molar-refractivity contribution < 1.29 is 23.0 Å². The molecule has 2 aromatic carbocycles. The number of hydrogen-bond acceptors (Lipinski definition) is 7. The number of ether oxygens (including phenoxy) is 2. The van der Waals surface area contributed by atoms with Crippen LogP contribution in [0.25, 0.3) is 0 Å². The van der Waals surface area contributed by atoms with Gasteiger partial charge in [-0.3, -0.25) is 4.79 Å². The summed E-state index contributed by atoms with van der Waals surface area (Å²) in [5.41, 5.74) is 1.34. The maximum absolute atomic E-state index is 13.0. The van der Waals surface area contributed by atoms with Crippen LogP contribution in [0.4, 0.5) is 14.5 Å². The summed E-state index contributed by atoms with van der Waals surface area (Å²) in [6.45, 7) is 0.480. The molecule has 1 aromatic heterocycles. The molecular formula is C17H13F2N5O3S. The summed E-state index contributed by atoms with van der Waals surface area (Å²) in [7, 11) is 0. The minimum Gasteiger partial charge on any atom is -0.395 e. The average Bonchev–Trinajstić information content (AvgIpc) is 3.22. The summed E-state index contributed by atoms with van der Waals surface area (Å²) in [4.78, 5) is 12.2. The quantitative estimate of drug-likeness (QED) is 0.631. The SMILES string of the molecule is O=C(CSc1nnnn1Cc1ccccc1)Nc1ccc2c(c1)OC(F)(F)O2. The number of carbonyl (C=O) groups is 1. The number of rotatable bonds is 6. The van der Waals surface area contributed by atoms with Gasteiger partial charge in [0.2, 0.25) is 11.1 Å². The van der Waals surface area contributed by atoms with E-state index in [1.54, 1.807) is 4.68 Å². The molecule has 8 nitrogen and oxygen atoms in total. The molecule has 0 saturated carbocycles. The average molecular weight is 405 g/mol. The zero-order valence-electron chi connectivity index (χ0n) is 14.2. The van der Waals surface area contributed by atoms with Gasteiger partial charge in [-0.05, 0) is 28.1 Å². The first kappa shape index (κ1) is 18.2. The Morgan fingerprint density at radius 3 is 2.75 bits per heavy atom. The minimum atomic E-state index is -3.70. The number of carbonyl (C=O) groups excluding carboxylic acids is 1. The molecule has 0 radical (unpaired) electrons. The van der Waals surface area contributed by atoms with Crippen LogP contribution in [0.5, 0.6) is 11.5 Å². The number of nitrogens with zero attached hydrogens (tertiary/aromatic N) is 4. The number of amides is 1. The Morgan fingerprint density at radius 2 is 1.93 bits per heavy atom. The van der Waals surface area contributed by atoms with Crippen LogP contribution in [0.3, 0.4) is 0 Å². The van der Waals surface area contributed by atoms with Gasteiger partial charge in [-0.15, -0.1) is 13.9 Å². The summed E-state index contributed by atoms with van der Waals surface area (Å²) in [5.74, 6) is -0.524. The lowest BCUT2D eigenvalue weighted by Crippen LogP contribution is -2.25. The first-order chi connectivity index (χ1) is 13.5. The largest absolute Gasteiger partial charge is 0.586 e. The second-order valence-electron chi connectivity index (χ2n) is 5.77. The van der Waals surface area contributed by atoms with Crippen molar-refractivity contribution in [3.05, 3.63) is 54.1 Å². The summed E-state index contributed by atoms with van der Waals surface area (Å²) in [6, 6.07) is 13.7. The molecule has 144 valence electrons. The third kappa shape index (κ3) is 4.19. The second kappa shape index (κ2) is 7.43. The molecule has 0 saturated heterocycles. The number of nitrogens with one attached hydrogen (secondary N) is 1. The van der Waals surface area contributed by atoms with Gasteiger partial charge in [-0.25, -0.2) is 4.68 Å². The molecule has 0 fully saturated rings. The topological polar surface area (TPSA) is 91.2 Å². The highest BCUT2D eigenvalue weighted by atomic mass is 32.2. The first-order valence-electron chi connectivity index (χ1n) is 8.11. The van der Waals surface area contributed by atoms with E-state index in [2.05, 4.69) is 30.3 Å². The highest BCUT2D eigenvalue weighted by Gasteiger charge is 2.43.